The highest BCUT2D eigenvalue weighted by molar-refractivity contribution is 5.98. The fraction of sp³-hybridized carbons (Fsp3) is 0.227. The Morgan fingerprint density at radius 3 is 3.00 bits per heavy atom. The topological polar surface area (TPSA) is 49.8 Å². The van der Waals surface area contributed by atoms with Crippen molar-refractivity contribution in [1.82, 2.24) is 14.9 Å². The molecule has 4 aromatic rings. The summed E-state index contributed by atoms with van der Waals surface area (Å²) >= 11 is 0. The maximum atomic E-state index is 12.9. The lowest BCUT2D eigenvalue weighted by atomic mass is 9.91. The zero-order chi connectivity index (χ0) is 17.7. The number of nitrogens with one attached hydrogen (secondary N) is 2. The second kappa shape index (κ2) is 5.77. The molecule has 4 nitrogen and oxygen atoms in total. The number of amides is 1. The lowest BCUT2D eigenvalue weighted by molar-refractivity contribution is 0.0932. The van der Waals surface area contributed by atoms with Crippen LogP contribution in [0, 0.1) is 0 Å². The van der Waals surface area contributed by atoms with E-state index < -0.39 is 0 Å². The molecule has 0 saturated heterocycles. The Morgan fingerprint density at radius 2 is 2.08 bits per heavy atom. The van der Waals surface area contributed by atoms with Gasteiger partial charge in [-0.2, -0.15) is 0 Å². The van der Waals surface area contributed by atoms with Crippen LogP contribution in [0.3, 0.4) is 0 Å². The van der Waals surface area contributed by atoms with E-state index in [0.29, 0.717) is 5.56 Å². The van der Waals surface area contributed by atoms with E-state index in [0.717, 1.165) is 35.7 Å². The third-order valence-corrected chi connectivity index (χ3v) is 5.57. The molecule has 5 rings (SSSR count). The van der Waals surface area contributed by atoms with Crippen LogP contribution < -0.4 is 5.32 Å². The van der Waals surface area contributed by atoms with Crippen molar-refractivity contribution in [2.75, 3.05) is 0 Å². The Labute approximate surface area is 151 Å². The summed E-state index contributed by atoms with van der Waals surface area (Å²) in [6.07, 6.45) is 5.16. The summed E-state index contributed by atoms with van der Waals surface area (Å²) in [5.74, 6) is -0.00717. The maximum Gasteiger partial charge on any atom is 0.251 e. The van der Waals surface area contributed by atoms with E-state index in [1.54, 1.807) is 0 Å². The molecule has 1 atom stereocenters. The normalized spacial score (nSPS) is 16.7. The number of fused-ring (bicyclic) bond motifs is 4. The summed E-state index contributed by atoms with van der Waals surface area (Å²) in [5, 5.41) is 5.62. The van der Waals surface area contributed by atoms with Crippen molar-refractivity contribution in [2.45, 2.75) is 25.3 Å². The van der Waals surface area contributed by atoms with Crippen LogP contribution in [0.15, 0.2) is 54.7 Å². The predicted octanol–water partition coefficient (Wildman–Crippen LogP) is 4.47. The molecule has 2 aromatic heterocycles. The van der Waals surface area contributed by atoms with Gasteiger partial charge in [0.15, 0.2) is 0 Å². The van der Waals surface area contributed by atoms with Crippen molar-refractivity contribution >= 4 is 27.7 Å². The lowest BCUT2D eigenvalue weighted by Crippen LogP contribution is -2.31. The molecule has 1 amide bonds. The van der Waals surface area contributed by atoms with Gasteiger partial charge in [0.1, 0.15) is 0 Å². The molecule has 1 aliphatic rings. The Morgan fingerprint density at radius 1 is 1.19 bits per heavy atom. The molecule has 0 fully saturated rings. The Bertz CT molecular complexity index is 1130. The number of nitrogens with zero attached hydrogens (tertiary/aromatic N) is 1. The van der Waals surface area contributed by atoms with Crippen LogP contribution in [-0.2, 0) is 13.5 Å². The molecule has 4 heteroatoms. The van der Waals surface area contributed by atoms with E-state index in [4.69, 9.17) is 0 Å². The Balaban J connectivity index is 1.47. The first-order chi connectivity index (χ1) is 12.7. The first kappa shape index (κ1) is 15.3. The fourth-order valence-electron chi connectivity index (χ4n) is 4.22. The van der Waals surface area contributed by atoms with Crippen LogP contribution in [-0.4, -0.2) is 15.5 Å². The van der Waals surface area contributed by atoms with Gasteiger partial charge in [-0.15, -0.1) is 0 Å². The summed E-state index contributed by atoms with van der Waals surface area (Å²) < 4.78 is 2.06. The second-order valence-electron chi connectivity index (χ2n) is 7.18. The monoisotopic (exact) mass is 343 g/mol. The van der Waals surface area contributed by atoms with Crippen LogP contribution in [0.1, 0.15) is 40.5 Å². The molecular formula is C22H21N3O. The van der Waals surface area contributed by atoms with Gasteiger partial charge in [-0.25, -0.2) is 0 Å². The number of H-pyrrole nitrogens is 1. The van der Waals surface area contributed by atoms with Crippen LogP contribution in [0.4, 0.5) is 0 Å². The third-order valence-electron chi connectivity index (χ3n) is 5.57. The molecule has 0 aliphatic heterocycles. The molecule has 0 radical (unpaired) electrons. The zero-order valence-corrected chi connectivity index (χ0v) is 14.8. The standard InChI is InChI=1S/C22H21N3O/c1-25-12-11-14-13-15(9-10-20(14)25)22(26)24-19-8-4-6-17-16-5-2-3-7-18(16)23-21(17)19/h2-3,5,7,9-13,19,23H,4,6,8H2,1H3,(H,24,26)/t19-/m0/s1. The van der Waals surface area contributed by atoms with E-state index in [-0.39, 0.29) is 11.9 Å². The van der Waals surface area contributed by atoms with Crippen molar-refractivity contribution in [2.24, 2.45) is 7.05 Å². The average molecular weight is 343 g/mol. The maximum absolute atomic E-state index is 12.9. The van der Waals surface area contributed by atoms with Crippen LogP contribution in [0.2, 0.25) is 0 Å². The predicted molar refractivity (Wildman–Crippen MR) is 104 cm³/mol. The molecule has 0 saturated carbocycles. The van der Waals surface area contributed by atoms with E-state index in [2.05, 4.69) is 33.1 Å². The third kappa shape index (κ3) is 2.33. The van der Waals surface area contributed by atoms with E-state index in [9.17, 15) is 4.79 Å². The lowest BCUT2D eigenvalue weighted by Gasteiger charge is -2.24. The minimum Gasteiger partial charge on any atom is -0.356 e. The Kier molecular flexibility index (Phi) is 3.38. The van der Waals surface area contributed by atoms with Crippen LogP contribution >= 0.6 is 0 Å². The van der Waals surface area contributed by atoms with Crippen molar-refractivity contribution in [3.63, 3.8) is 0 Å². The van der Waals surface area contributed by atoms with Gasteiger partial charge in [0.05, 0.1) is 6.04 Å². The molecule has 2 aromatic carbocycles. The number of benzene rings is 2. The first-order valence-electron chi connectivity index (χ1n) is 9.16. The molecule has 130 valence electrons. The zero-order valence-electron chi connectivity index (χ0n) is 14.8. The number of para-hydroxylation sites is 1. The number of aryl methyl sites for hydroxylation is 2. The van der Waals surface area contributed by atoms with Gasteiger partial charge in [0.2, 0.25) is 0 Å². The first-order valence-corrected chi connectivity index (χ1v) is 9.16. The largest absolute Gasteiger partial charge is 0.356 e. The number of aromatic nitrogens is 2. The molecular weight excluding hydrogens is 322 g/mol. The van der Waals surface area contributed by atoms with Gasteiger partial charge in [-0.05, 0) is 55.2 Å². The minimum absolute atomic E-state index is 0.00717. The molecule has 0 bridgehead atoms. The number of aromatic amines is 1. The van der Waals surface area contributed by atoms with Crippen LogP contribution in [0.25, 0.3) is 21.8 Å². The SMILES string of the molecule is Cn1ccc2cc(C(=O)N[C@H]3CCCc4c3[nH]c3ccccc43)ccc21. The summed E-state index contributed by atoms with van der Waals surface area (Å²) in [5.41, 5.74) is 5.54. The number of rotatable bonds is 2. The van der Waals surface area contributed by atoms with Gasteiger partial charge in [-0.1, -0.05) is 18.2 Å². The molecule has 0 unspecified atom stereocenters. The smallest absolute Gasteiger partial charge is 0.251 e. The highest BCUT2D eigenvalue weighted by atomic mass is 16.1. The van der Waals surface area contributed by atoms with E-state index >= 15 is 0 Å². The highest BCUT2D eigenvalue weighted by Gasteiger charge is 2.25. The summed E-state index contributed by atoms with van der Waals surface area (Å²) in [7, 11) is 2.02. The average Bonchev–Trinajstić information content (AvgIpc) is 3.23. The van der Waals surface area contributed by atoms with Gasteiger partial charge >= 0.3 is 0 Å². The summed E-state index contributed by atoms with van der Waals surface area (Å²) in [6, 6.07) is 16.4. The van der Waals surface area contributed by atoms with E-state index in [1.807, 2.05) is 43.6 Å². The number of carbonyl (C=O) groups is 1. The summed E-state index contributed by atoms with van der Waals surface area (Å²) in [4.78, 5) is 16.4. The van der Waals surface area contributed by atoms with Crippen molar-refractivity contribution in [3.8, 4) is 0 Å². The van der Waals surface area contributed by atoms with Crippen molar-refractivity contribution in [3.05, 3.63) is 71.5 Å². The number of hydrogen-bond acceptors (Lipinski definition) is 1. The second-order valence-corrected chi connectivity index (χ2v) is 7.18. The number of carbonyl (C=O) groups excluding carboxylic acids is 1. The Hall–Kier alpha value is -3.01. The molecule has 1 aliphatic carbocycles. The van der Waals surface area contributed by atoms with Gasteiger partial charge in [-0.3, -0.25) is 4.79 Å². The van der Waals surface area contributed by atoms with Crippen LogP contribution in [0.5, 0.6) is 0 Å². The summed E-state index contributed by atoms with van der Waals surface area (Å²) in [6.45, 7) is 0. The van der Waals surface area contributed by atoms with Gasteiger partial charge in [0, 0.05) is 46.3 Å². The minimum atomic E-state index is -0.00717. The van der Waals surface area contributed by atoms with Crippen molar-refractivity contribution in [1.29, 1.82) is 0 Å². The molecule has 2 heterocycles. The molecule has 0 spiro atoms. The number of hydrogen-bond donors (Lipinski definition) is 2. The quantitative estimate of drug-likeness (QED) is 0.554. The molecule has 26 heavy (non-hydrogen) atoms. The molecule has 2 N–H and O–H groups in total. The van der Waals surface area contributed by atoms with Crippen molar-refractivity contribution < 1.29 is 4.79 Å². The van der Waals surface area contributed by atoms with E-state index in [1.165, 1.54) is 16.6 Å². The highest BCUT2D eigenvalue weighted by Crippen LogP contribution is 2.34. The van der Waals surface area contributed by atoms with Gasteiger partial charge in [0.25, 0.3) is 5.91 Å². The van der Waals surface area contributed by atoms with Gasteiger partial charge < -0.3 is 14.9 Å². The fourth-order valence-corrected chi connectivity index (χ4v) is 4.22.